The fourth-order valence-corrected chi connectivity index (χ4v) is 4.99. The summed E-state index contributed by atoms with van der Waals surface area (Å²) < 4.78 is 0. The summed E-state index contributed by atoms with van der Waals surface area (Å²) in [6, 6.07) is 6.78. The van der Waals surface area contributed by atoms with E-state index in [1.165, 1.54) is 12.8 Å². The molecule has 2 N–H and O–H groups in total. The first kappa shape index (κ1) is 23.5. The van der Waals surface area contributed by atoms with Gasteiger partial charge in [-0.2, -0.15) is 0 Å². The van der Waals surface area contributed by atoms with Crippen molar-refractivity contribution in [3.63, 3.8) is 0 Å². The van der Waals surface area contributed by atoms with Crippen LogP contribution in [-0.2, 0) is 0 Å². The molecular formula is C27H36N8. The predicted octanol–water partition coefficient (Wildman–Crippen LogP) is 3.98. The number of amidine groups is 1. The van der Waals surface area contributed by atoms with Crippen LogP contribution in [0.15, 0.2) is 47.4 Å². The van der Waals surface area contributed by atoms with Crippen molar-refractivity contribution in [2.45, 2.75) is 45.1 Å². The third kappa shape index (κ3) is 5.53. The average molecular weight is 473 g/mol. The van der Waals surface area contributed by atoms with Crippen LogP contribution in [-0.4, -0.2) is 87.0 Å². The van der Waals surface area contributed by atoms with Gasteiger partial charge in [-0.25, -0.2) is 9.98 Å². The Kier molecular flexibility index (Phi) is 7.08. The van der Waals surface area contributed by atoms with Crippen molar-refractivity contribution >= 4 is 18.1 Å². The molecule has 5 heterocycles. The highest BCUT2D eigenvalue weighted by atomic mass is 15.3. The van der Waals surface area contributed by atoms with E-state index in [1.54, 1.807) is 0 Å². The third-order valence-corrected chi connectivity index (χ3v) is 7.17. The Morgan fingerprint density at radius 1 is 1.11 bits per heavy atom. The number of hydrogen-bond donors (Lipinski definition) is 2. The second-order valence-electron chi connectivity index (χ2n) is 9.84. The molecule has 3 aliphatic rings. The minimum Gasteiger partial charge on any atom is -0.357 e. The van der Waals surface area contributed by atoms with Crippen LogP contribution in [0.3, 0.4) is 0 Å². The standard InChI is InChI=1S/C27H36N8/c1-20(2)33-14-16-35(17-15-33)27-18-21(10-11-29-27)22-6-5-7-23(31-22)24-19-30-26(32-24)9-8-25(28)34-12-3-4-13-34/h5-9,11,18-21,28H,3-4,10,12-17H2,1-2H3,(H,30,32)/b9-8-,28-25?. The van der Waals surface area contributed by atoms with E-state index in [9.17, 15) is 0 Å². The monoisotopic (exact) mass is 472 g/mol. The largest absolute Gasteiger partial charge is 0.357 e. The summed E-state index contributed by atoms with van der Waals surface area (Å²) in [5.74, 6) is 2.58. The number of likely N-dealkylation sites (tertiary alicyclic amines) is 1. The van der Waals surface area contributed by atoms with Gasteiger partial charge in [0.25, 0.3) is 0 Å². The molecule has 2 aromatic rings. The lowest BCUT2D eigenvalue weighted by Gasteiger charge is -2.38. The molecule has 2 fully saturated rings. The SMILES string of the molecule is CC(C)N1CCN(C2=CC(c3cccc(-c4cnc(/C=C\C(=N)N5CCCC5)[nH]4)n3)CC=N2)CC1. The molecule has 0 aliphatic carbocycles. The molecule has 3 aliphatic heterocycles. The van der Waals surface area contributed by atoms with Gasteiger partial charge >= 0.3 is 0 Å². The van der Waals surface area contributed by atoms with E-state index in [4.69, 9.17) is 15.4 Å². The number of nitrogens with one attached hydrogen (secondary N) is 2. The van der Waals surface area contributed by atoms with Gasteiger partial charge in [0.15, 0.2) is 0 Å². The molecule has 0 bridgehead atoms. The highest BCUT2D eigenvalue weighted by Crippen LogP contribution is 2.28. The van der Waals surface area contributed by atoms with Crippen LogP contribution in [0, 0.1) is 5.41 Å². The molecule has 2 saturated heterocycles. The van der Waals surface area contributed by atoms with E-state index in [0.29, 0.717) is 11.9 Å². The number of aromatic amines is 1. The van der Waals surface area contributed by atoms with Gasteiger partial charge in [-0.05, 0) is 63.5 Å². The summed E-state index contributed by atoms with van der Waals surface area (Å²) in [6.07, 6.45) is 13.0. The first-order chi connectivity index (χ1) is 17.1. The van der Waals surface area contributed by atoms with Gasteiger partial charge < -0.3 is 14.8 Å². The second-order valence-corrected chi connectivity index (χ2v) is 9.84. The average Bonchev–Trinajstić information content (AvgIpc) is 3.60. The molecule has 0 radical (unpaired) electrons. The summed E-state index contributed by atoms with van der Waals surface area (Å²) in [5, 5.41) is 8.23. The number of pyridine rings is 1. The predicted molar refractivity (Wildman–Crippen MR) is 142 cm³/mol. The normalized spacial score (nSPS) is 21.3. The zero-order chi connectivity index (χ0) is 24.2. The number of piperazine rings is 1. The molecule has 35 heavy (non-hydrogen) atoms. The molecule has 5 rings (SSSR count). The molecule has 8 nitrogen and oxygen atoms in total. The van der Waals surface area contributed by atoms with E-state index >= 15 is 0 Å². The lowest BCUT2D eigenvalue weighted by atomic mass is 9.98. The Bertz CT molecular complexity index is 1110. The molecule has 1 atom stereocenters. The summed E-state index contributed by atoms with van der Waals surface area (Å²) in [4.78, 5) is 24.6. The maximum Gasteiger partial charge on any atom is 0.130 e. The van der Waals surface area contributed by atoms with Crippen LogP contribution < -0.4 is 0 Å². The highest BCUT2D eigenvalue weighted by molar-refractivity contribution is 5.93. The van der Waals surface area contributed by atoms with E-state index in [1.807, 2.05) is 30.6 Å². The van der Waals surface area contributed by atoms with Crippen molar-refractivity contribution in [2.24, 2.45) is 4.99 Å². The van der Waals surface area contributed by atoms with E-state index < -0.39 is 0 Å². The van der Waals surface area contributed by atoms with Gasteiger partial charge in [0, 0.05) is 63.1 Å². The second kappa shape index (κ2) is 10.6. The molecule has 1 unspecified atom stereocenters. The van der Waals surface area contributed by atoms with Crippen molar-refractivity contribution in [3.05, 3.63) is 53.9 Å². The fourth-order valence-electron chi connectivity index (χ4n) is 4.99. The maximum absolute atomic E-state index is 8.23. The maximum atomic E-state index is 8.23. The van der Waals surface area contributed by atoms with Crippen molar-refractivity contribution in [1.29, 1.82) is 5.41 Å². The third-order valence-electron chi connectivity index (χ3n) is 7.17. The summed E-state index contributed by atoms with van der Waals surface area (Å²) in [6.45, 7) is 10.7. The molecule has 0 spiro atoms. The fraction of sp³-hybridized carbons (Fsp3) is 0.481. The summed E-state index contributed by atoms with van der Waals surface area (Å²) in [5.41, 5.74) is 2.82. The van der Waals surface area contributed by atoms with Crippen LogP contribution in [0.2, 0.25) is 0 Å². The Balaban J connectivity index is 1.26. The Hall–Kier alpha value is -3.26. The van der Waals surface area contributed by atoms with Gasteiger partial charge in [0.2, 0.25) is 0 Å². The molecule has 0 amide bonds. The Labute approximate surface area is 208 Å². The van der Waals surface area contributed by atoms with Gasteiger partial charge in [-0.15, -0.1) is 0 Å². The molecule has 0 saturated carbocycles. The summed E-state index contributed by atoms with van der Waals surface area (Å²) >= 11 is 0. The smallest absolute Gasteiger partial charge is 0.130 e. The number of imidazole rings is 1. The number of aliphatic imine (C=N–C) groups is 1. The van der Waals surface area contributed by atoms with Gasteiger partial charge in [-0.1, -0.05) is 6.07 Å². The van der Waals surface area contributed by atoms with Crippen LogP contribution in [0.25, 0.3) is 17.5 Å². The number of aromatic nitrogens is 3. The van der Waals surface area contributed by atoms with Crippen LogP contribution in [0.4, 0.5) is 0 Å². The van der Waals surface area contributed by atoms with Crippen LogP contribution in [0.5, 0.6) is 0 Å². The number of hydrogen-bond acceptors (Lipinski definition) is 6. The molecule has 2 aromatic heterocycles. The van der Waals surface area contributed by atoms with E-state index in [0.717, 1.165) is 74.4 Å². The van der Waals surface area contributed by atoms with Crippen LogP contribution in [0.1, 0.15) is 50.5 Å². The van der Waals surface area contributed by atoms with Gasteiger partial charge in [0.05, 0.1) is 17.6 Å². The van der Waals surface area contributed by atoms with E-state index in [2.05, 4.69) is 56.7 Å². The Morgan fingerprint density at radius 2 is 1.91 bits per heavy atom. The van der Waals surface area contributed by atoms with Gasteiger partial charge in [0.1, 0.15) is 17.5 Å². The molecule has 8 heteroatoms. The van der Waals surface area contributed by atoms with Crippen molar-refractivity contribution in [3.8, 4) is 11.4 Å². The van der Waals surface area contributed by atoms with Crippen molar-refractivity contribution in [1.82, 2.24) is 29.7 Å². The van der Waals surface area contributed by atoms with Gasteiger partial charge in [-0.3, -0.25) is 15.3 Å². The summed E-state index contributed by atoms with van der Waals surface area (Å²) in [7, 11) is 0. The lowest BCUT2D eigenvalue weighted by molar-refractivity contribution is 0.129. The zero-order valence-corrected chi connectivity index (χ0v) is 20.8. The number of rotatable bonds is 6. The van der Waals surface area contributed by atoms with Crippen molar-refractivity contribution < 1.29 is 0 Å². The lowest BCUT2D eigenvalue weighted by Crippen LogP contribution is -2.48. The quantitative estimate of drug-likeness (QED) is 0.490. The van der Waals surface area contributed by atoms with Crippen LogP contribution >= 0.6 is 0 Å². The first-order valence-corrected chi connectivity index (χ1v) is 12.8. The molecule has 0 aromatic carbocycles. The number of allylic oxidation sites excluding steroid dienone is 1. The van der Waals surface area contributed by atoms with Crippen molar-refractivity contribution in [2.75, 3.05) is 39.3 Å². The minimum atomic E-state index is 0.216. The first-order valence-electron chi connectivity index (χ1n) is 12.8. The topological polar surface area (TPSA) is 87.5 Å². The Morgan fingerprint density at radius 3 is 2.69 bits per heavy atom. The minimum absolute atomic E-state index is 0.216. The zero-order valence-electron chi connectivity index (χ0n) is 20.8. The molecule has 184 valence electrons. The highest BCUT2D eigenvalue weighted by Gasteiger charge is 2.23. The molecular weight excluding hydrogens is 436 g/mol. The number of H-pyrrole nitrogens is 1. The number of nitrogens with zero attached hydrogens (tertiary/aromatic N) is 6. The van der Waals surface area contributed by atoms with E-state index in [-0.39, 0.29) is 5.92 Å².